The second kappa shape index (κ2) is 10.0. The summed E-state index contributed by atoms with van der Waals surface area (Å²) in [6.07, 6.45) is 7.65. The van der Waals surface area contributed by atoms with Crippen LogP contribution in [0.5, 0.6) is 0 Å². The highest BCUT2D eigenvalue weighted by Crippen LogP contribution is 2.31. The summed E-state index contributed by atoms with van der Waals surface area (Å²) in [6.45, 7) is 9.99. The van der Waals surface area contributed by atoms with E-state index >= 15 is 0 Å². The Bertz CT molecular complexity index is 378. The molecule has 0 aromatic heterocycles. The predicted octanol–water partition coefficient (Wildman–Crippen LogP) is 5.13. The van der Waals surface area contributed by atoms with Crippen molar-refractivity contribution in [2.75, 3.05) is 14.2 Å². The zero-order valence-electron chi connectivity index (χ0n) is 12.6. The van der Waals surface area contributed by atoms with Crippen molar-refractivity contribution in [2.45, 2.75) is 39.7 Å². The third-order valence-electron chi connectivity index (χ3n) is 2.88. The topological polar surface area (TPSA) is 18.5 Å². The van der Waals surface area contributed by atoms with Crippen LogP contribution in [0.3, 0.4) is 0 Å². The number of rotatable bonds is 8. The third-order valence-corrected chi connectivity index (χ3v) is 3.86. The summed E-state index contributed by atoms with van der Waals surface area (Å²) in [5.41, 5.74) is 2.36. The predicted molar refractivity (Wildman–Crippen MR) is 86.4 cm³/mol. The van der Waals surface area contributed by atoms with E-state index in [2.05, 4.69) is 42.4 Å². The second-order valence-corrected chi connectivity index (χ2v) is 4.90. The van der Waals surface area contributed by atoms with Crippen molar-refractivity contribution in [2.24, 2.45) is 0 Å². The lowest BCUT2D eigenvalue weighted by molar-refractivity contribution is 0.155. The van der Waals surface area contributed by atoms with E-state index in [1.807, 2.05) is 13.0 Å². The minimum atomic E-state index is 0.0926. The van der Waals surface area contributed by atoms with E-state index in [1.54, 1.807) is 20.3 Å². The molecule has 0 aliphatic carbocycles. The van der Waals surface area contributed by atoms with Crippen LogP contribution in [-0.2, 0) is 9.47 Å². The fourth-order valence-corrected chi connectivity index (χ4v) is 2.62. The number of ether oxygens (including phenoxy) is 2. The molecule has 108 valence electrons. The number of hydrogen-bond donors (Lipinski definition) is 0. The minimum Gasteiger partial charge on any atom is -0.496 e. The van der Waals surface area contributed by atoms with Gasteiger partial charge in [0.05, 0.1) is 13.2 Å². The lowest BCUT2D eigenvalue weighted by Crippen LogP contribution is -2.03. The van der Waals surface area contributed by atoms with E-state index in [9.17, 15) is 0 Å². The van der Waals surface area contributed by atoms with Gasteiger partial charge in [-0.1, -0.05) is 48.5 Å². The molecule has 0 spiro atoms. The molecule has 19 heavy (non-hydrogen) atoms. The van der Waals surface area contributed by atoms with Crippen molar-refractivity contribution in [3.05, 3.63) is 46.2 Å². The van der Waals surface area contributed by atoms with Crippen LogP contribution in [0.1, 0.15) is 33.6 Å². The Hall–Kier alpha value is -0.800. The Morgan fingerprint density at radius 1 is 1.26 bits per heavy atom. The highest BCUT2D eigenvalue weighted by atomic mass is 79.9. The highest BCUT2D eigenvalue weighted by Gasteiger charge is 2.12. The molecule has 0 bridgehead atoms. The van der Waals surface area contributed by atoms with E-state index in [0.29, 0.717) is 0 Å². The van der Waals surface area contributed by atoms with Crippen LogP contribution >= 0.6 is 15.9 Å². The molecule has 0 saturated carbocycles. The first-order chi connectivity index (χ1) is 9.05. The van der Waals surface area contributed by atoms with Gasteiger partial charge in [0.1, 0.15) is 5.76 Å². The van der Waals surface area contributed by atoms with Crippen LogP contribution in [0.15, 0.2) is 46.2 Å². The van der Waals surface area contributed by atoms with Crippen molar-refractivity contribution in [1.82, 2.24) is 0 Å². The molecule has 0 amide bonds. The molecule has 0 fully saturated rings. The summed E-state index contributed by atoms with van der Waals surface area (Å²) < 4.78 is 11.8. The van der Waals surface area contributed by atoms with Crippen LogP contribution in [0.4, 0.5) is 0 Å². The summed E-state index contributed by atoms with van der Waals surface area (Å²) in [5.74, 6) is 0.841. The molecule has 0 aromatic rings. The van der Waals surface area contributed by atoms with E-state index in [4.69, 9.17) is 9.47 Å². The summed E-state index contributed by atoms with van der Waals surface area (Å²) in [4.78, 5) is 0. The monoisotopic (exact) mass is 328 g/mol. The van der Waals surface area contributed by atoms with Crippen molar-refractivity contribution < 1.29 is 9.47 Å². The molecule has 0 aliphatic heterocycles. The molecule has 0 aromatic carbocycles. The maximum Gasteiger partial charge on any atom is 0.123 e. The first-order valence-corrected chi connectivity index (χ1v) is 7.34. The molecular weight excluding hydrogens is 304 g/mol. The smallest absolute Gasteiger partial charge is 0.123 e. The first kappa shape index (κ1) is 18.2. The molecule has 0 unspecified atom stereocenters. The summed E-state index contributed by atoms with van der Waals surface area (Å²) >= 11 is 3.70. The van der Waals surface area contributed by atoms with Gasteiger partial charge in [-0.15, -0.1) is 0 Å². The molecule has 0 heterocycles. The number of allylic oxidation sites excluding steroid dienone is 5. The van der Waals surface area contributed by atoms with Gasteiger partial charge in [0.15, 0.2) is 0 Å². The Labute approximate surface area is 126 Å². The average Bonchev–Trinajstić information content (AvgIpc) is 2.43. The standard InChI is InChI=1S/C16H25BrO2/c1-7-10-15(19-6)14(9-3)16(17)13(8-2)11-12(4)18-5/h7,10-12H,1,8-9H2,2-6H3/b13-11+,15-10+,16-14-/t12-/m0/s1. The van der Waals surface area contributed by atoms with Crippen LogP contribution in [0.2, 0.25) is 0 Å². The lowest BCUT2D eigenvalue weighted by atomic mass is 10.0. The zero-order valence-corrected chi connectivity index (χ0v) is 14.2. The first-order valence-electron chi connectivity index (χ1n) is 6.55. The third kappa shape index (κ3) is 5.79. The second-order valence-electron chi connectivity index (χ2n) is 4.10. The van der Waals surface area contributed by atoms with Gasteiger partial charge in [0.2, 0.25) is 0 Å². The lowest BCUT2D eigenvalue weighted by Gasteiger charge is -2.15. The van der Waals surface area contributed by atoms with E-state index < -0.39 is 0 Å². The average molecular weight is 329 g/mol. The fraction of sp³-hybridized carbons (Fsp3) is 0.500. The largest absolute Gasteiger partial charge is 0.496 e. The van der Waals surface area contributed by atoms with Gasteiger partial charge in [-0.05, 0) is 31.4 Å². The normalized spacial score (nSPS) is 15.9. The van der Waals surface area contributed by atoms with Crippen LogP contribution < -0.4 is 0 Å². The number of methoxy groups -OCH3 is 2. The fourth-order valence-electron chi connectivity index (χ4n) is 1.73. The summed E-state index contributed by atoms with van der Waals surface area (Å²) in [5, 5.41) is 0. The highest BCUT2D eigenvalue weighted by molar-refractivity contribution is 9.12. The van der Waals surface area contributed by atoms with Crippen LogP contribution in [-0.4, -0.2) is 20.3 Å². The molecule has 3 heteroatoms. The van der Waals surface area contributed by atoms with Gasteiger partial charge in [0.25, 0.3) is 0 Å². The Balaban J connectivity index is 5.63. The van der Waals surface area contributed by atoms with Gasteiger partial charge >= 0.3 is 0 Å². The maximum atomic E-state index is 5.43. The van der Waals surface area contributed by atoms with Crippen LogP contribution in [0.25, 0.3) is 0 Å². The van der Waals surface area contributed by atoms with Crippen molar-refractivity contribution in [3.8, 4) is 0 Å². The minimum absolute atomic E-state index is 0.0926. The van der Waals surface area contributed by atoms with E-state index in [-0.39, 0.29) is 6.10 Å². The molecule has 1 atom stereocenters. The van der Waals surface area contributed by atoms with Crippen molar-refractivity contribution in [1.29, 1.82) is 0 Å². The zero-order chi connectivity index (χ0) is 14.8. The van der Waals surface area contributed by atoms with Gasteiger partial charge in [-0.25, -0.2) is 0 Å². The molecule has 0 N–H and O–H groups in total. The SMILES string of the molecule is C=C\C=C(OC)/C(CC)=C(Br)/C(=C/[C@H](C)OC)CC. The van der Waals surface area contributed by atoms with Gasteiger partial charge < -0.3 is 9.47 Å². The van der Waals surface area contributed by atoms with Crippen molar-refractivity contribution in [3.63, 3.8) is 0 Å². The molecular formula is C16H25BrO2. The number of hydrogen-bond acceptors (Lipinski definition) is 2. The number of halogens is 1. The van der Waals surface area contributed by atoms with E-state index in [1.165, 1.54) is 5.57 Å². The maximum absolute atomic E-state index is 5.43. The van der Waals surface area contributed by atoms with Crippen molar-refractivity contribution >= 4 is 15.9 Å². The molecule has 0 aliphatic rings. The molecule has 2 nitrogen and oxygen atoms in total. The van der Waals surface area contributed by atoms with Gasteiger partial charge in [0, 0.05) is 17.2 Å². The molecule has 0 saturated heterocycles. The van der Waals surface area contributed by atoms with Crippen LogP contribution in [0, 0.1) is 0 Å². The Morgan fingerprint density at radius 2 is 1.89 bits per heavy atom. The van der Waals surface area contributed by atoms with E-state index in [0.717, 1.165) is 28.7 Å². The Morgan fingerprint density at radius 3 is 2.26 bits per heavy atom. The molecule has 0 radical (unpaired) electrons. The molecule has 0 rings (SSSR count). The Kier molecular flexibility index (Phi) is 9.62. The summed E-state index contributed by atoms with van der Waals surface area (Å²) in [6, 6.07) is 0. The van der Waals surface area contributed by atoms with Gasteiger partial charge in [-0.3, -0.25) is 0 Å². The summed E-state index contributed by atoms with van der Waals surface area (Å²) in [7, 11) is 3.39. The quantitative estimate of drug-likeness (QED) is 0.454. The van der Waals surface area contributed by atoms with Gasteiger partial charge in [-0.2, -0.15) is 0 Å².